The fourth-order valence-corrected chi connectivity index (χ4v) is 3.21. The van der Waals surface area contributed by atoms with E-state index in [1.807, 2.05) is 72.8 Å². The summed E-state index contributed by atoms with van der Waals surface area (Å²) >= 11 is 0. The van der Waals surface area contributed by atoms with E-state index in [2.05, 4.69) is 4.98 Å². The van der Waals surface area contributed by atoms with Crippen molar-refractivity contribution in [3.63, 3.8) is 0 Å². The minimum absolute atomic E-state index is 0.0794. The number of imidazole rings is 1. The Labute approximate surface area is 179 Å². The molecule has 31 heavy (non-hydrogen) atoms. The largest absolute Gasteiger partial charge is 0.476 e. The molecule has 0 aliphatic heterocycles. The molecule has 4 nitrogen and oxygen atoms in total. The number of benzene rings is 3. The zero-order valence-electron chi connectivity index (χ0n) is 16.5. The summed E-state index contributed by atoms with van der Waals surface area (Å²) in [4.78, 5) is 16.3. The van der Waals surface area contributed by atoms with Crippen LogP contribution in [0.2, 0.25) is 0 Å². The first-order valence-electron chi connectivity index (χ1n) is 9.70. The van der Waals surface area contributed by atoms with Crippen LogP contribution in [0.1, 0.15) is 33.1 Å². The maximum Gasteiger partial charge on any atom is 0.356 e. The smallest absolute Gasteiger partial charge is 0.356 e. The van der Waals surface area contributed by atoms with Gasteiger partial charge in [-0.15, -0.1) is 0 Å². The van der Waals surface area contributed by atoms with Crippen molar-refractivity contribution in [3.05, 3.63) is 119 Å². The molecular formula is C26H19FN2O2. The van der Waals surface area contributed by atoms with Crippen molar-refractivity contribution in [2.75, 3.05) is 0 Å². The number of hydrogen-bond acceptors (Lipinski definition) is 2. The Morgan fingerprint density at radius 1 is 0.774 bits per heavy atom. The molecule has 0 radical (unpaired) electrons. The van der Waals surface area contributed by atoms with E-state index in [0.717, 1.165) is 11.1 Å². The van der Waals surface area contributed by atoms with Crippen molar-refractivity contribution in [1.29, 1.82) is 0 Å². The van der Waals surface area contributed by atoms with Crippen molar-refractivity contribution >= 4 is 30.3 Å². The Kier molecular flexibility index (Phi) is 5.85. The van der Waals surface area contributed by atoms with E-state index < -0.39 is 5.97 Å². The van der Waals surface area contributed by atoms with Gasteiger partial charge in [-0.3, -0.25) is 4.57 Å². The number of carboxylic acids is 1. The molecule has 152 valence electrons. The Morgan fingerprint density at radius 2 is 1.32 bits per heavy atom. The molecule has 0 saturated carbocycles. The van der Waals surface area contributed by atoms with Crippen LogP contribution in [0.15, 0.2) is 84.9 Å². The quantitative estimate of drug-likeness (QED) is 0.421. The number of carbonyl (C=O) groups is 1. The topological polar surface area (TPSA) is 55.1 Å². The molecule has 0 fully saturated rings. The monoisotopic (exact) mass is 410 g/mol. The minimum Gasteiger partial charge on any atom is -0.476 e. The van der Waals surface area contributed by atoms with E-state index in [4.69, 9.17) is 0 Å². The molecule has 0 spiro atoms. The van der Waals surface area contributed by atoms with Crippen molar-refractivity contribution in [3.8, 4) is 5.69 Å². The van der Waals surface area contributed by atoms with Crippen LogP contribution in [0.3, 0.4) is 0 Å². The summed E-state index contributed by atoms with van der Waals surface area (Å²) in [5.41, 5.74) is 2.81. The van der Waals surface area contributed by atoms with Crippen LogP contribution in [0.5, 0.6) is 0 Å². The molecule has 4 aromatic rings. The average Bonchev–Trinajstić information content (AvgIpc) is 3.17. The van der Waals surface area contributed by atoms with Gasteiger partial charge < -0.3 is 5.11 Å². The molecular weight excluding hydrogens is 391 g/mol. The lowest BCUT2D eigenvalue weighted by atomic mass is 10.2. The molecule has 1 heterocycles. The molecule has 0 unspecified atom stereocenters. The predicted octanol–water partition coefficient (Wildman–Crippen LogP) is 6.05. The second-order valence-corrected chi connectivity index (χ2v) is 6.81. The number of halogens is 1. The first-order chi connectivity index (χ1) is 15.1. The first-order valence-corrected chi connectivity index (χ1v) is 9.70. The highest BCUT2D eigenvalue weighted by molar-refractivity contribution is 5.92. The van der Waals surface area contributed by atoms with Crippen LogP contribution in [-0.4, -0.2) is 20.6 Å². The average molecular weight is 410 g/mol. The van der Waals surface area contributed by atoms with Crippen LogP contribution in [0, 0.1) is 5.82 Å². The Hall–Kier alpha value is -4.25. The van der Waals surface area contributed by atoms with Crippen LogP contribution < -0.4 is 0 Å². The predicted molar refractivity (Wildman–Crippen MR) is 121 cm³/mol. The van der Waals surface area contributed by atoms with Crippen LogP contribution >= 0.6 is 0 Å². The zero-order chi connectivity index (χ0) is 21.6. The molecule has 5 heteroatoms. The van der Waals surface area contributed by atoms with Crippen molar-refractivity contribution < 1.29 is 14.3 Å². The van der Waals surface area contributed by atoms with E-state index in [-0.39, 0.29) is 11.5 Å². The highest BCUT2D eigenvalue weighted by Gasteiger charge is 2.20. The van der Waals surface area contributed by atoms with Gasteiger partial charge in [0.1, 0.15) is 11.6 Å². The molecule has 0 aliphatic carbocycles. The second-order valence-electron chi connectivity index (χ2n) is 6.81. The fraction of sp³-hybridized carbons (Fsp3) is 0. The molecule has 1 aromatic heterocycles. The standard InChI is InChI=1S/C26H19FN2O2/c27-21-13-15-22(16-14-21)29-23(17-11-19-7-3-1-4-8-19)25(26(30)31)28-24(29)18-12-20-9-5-2-6-10-20/h1-18H,(H,30,31)/b17-11+,18-12+. The van der Waals surface area contributed by atoms with Crippen molar-refractivity contribution in [2.24, 2.45) is 0 Å². The van der Waals surface area contributed by atoms with Gasteiger partial charge in [-0.2, -0.15) is 0 Å². The van der Waals surface area contributed by atoms with Crippen LogP contribution in [0.25, 0.3) is 30.0 Å². The van der Waals surface area contributed by atoms with Crippen LogP contribution in [0.4, 0.5) is 4.39 Å². The molecule has 0 atom stereocenters. The molecule has 0 bridgehead atoms. The normalized spacial score (nSPS) is 11.4. The third kappa shape index (κ3) is 4.67. The minimum atomic E-state index is -1.14. The SMILES string of the molecule is O=C(O)c1nc(/C=C/c2ccccc2)n(-c2ccc(F)cc2)c1/C=C/c1ccccc1. The van der Waals surface area contributed by atoms with E-state index >= 15 is 0 Å². The number of nitrogens with zero attached hydrogens (tertiary/aromatic N) is 2. The number of rotatable bonds is 6. The Balaban J connectivity index is 1.88. The molecule has 4 rings (SSSR count). The van der Waals surface area contributed by atoms with Gasteiger partial charge in [-0.1, -0.05) is 72.8 Å². The van der Waals surface area contributed by atoms with Gasteiger partial charge in [0.2, 0.25) is 0 Å². The Morgan fingerprint density at radius 3 is 1.87 bits per heavy atom. The molecule has 3 aromatic carbocycles. The lowest BCUT2D eigenvalue weighted by Gasteiger charge is -2.09. The van der Waals surface area contributed by atoms with E-state index in [1.165, 1.54) is 12.1 Å². The van der Waals surface area contributed by atoms with Crippen molar-refractivity contribution in [1.82, 2.24) is 9.55 Å². The highest BCUT2D eigenvalue weighted by Crippen LogP contribution is 2.23. The Bertz CT molecular complexity index is 1240. The van der Waals surface area contributed by atoms with Crippen LogP contribution in [-0.2, 0) is 0 Å². The number of aromatic nitrogens is 2. The van der Waals surface area contributed by atoms with Gasteiger partial charge in [0.05, 0.1) is 5.69 Å². The summed E-state index contributed by atoms with van der Waals surface area (Å²) < 4.78 is 15.2. The van der Waals surface area contributed by atoms with Gasteiger partial charge in [-0.05, 0) is 47.5 Å². The fourth-order valence-electron chi connectivity index (χ4n) is 3.21. The van der Waals surface area contributed by atoms with Gasteiger partial charge in [0.15, 0.2) is 5.69 Å². The summed E-state index contributed by atoms with van der Waals surface area (Å²) in [5.74, 6) is -1.08. The summed E-state index contributed by atoms with van der Waals surface area (Å²) in [5, 5.41) is 9.78. The van der Waals surface area contributed by atoms with E-state index in [9.17, 15) is 14.3 Å². The molecule has 1 N–H and O–H groups in total. The molecule has 0 aliphatic rings. The van der Waals surface area contributed by atoms with Gasteiger partial charge >= 0.3 is 5.97 Å². The lowest BCUT2D eigenvalue weighted by molar-refractivity contribution is 0.0690. The van der Waals surface area contributed by atoms with E-state index in [1.54, 1.807) is 28.9 Å². The number of carboxylic acid groups (broad SMARTS) is 1. The number of hydrogen-bond donors (Lipinski definition) is 1. The third-order valence-corrected chi connectivity index (χ3v) is 4.68. The van der Waals surface area contributed by atoms with Gasteiger partial charge in [0.25, 0.3) is 0 Å². The van der Waals surface area contributed by atoms with E-state index in [0.29, 0.717) is 17.2 Å². The highest BCUT2D eigenvalue weighted by atomic mass is 19.1. The first kappa shape index (κ1) is 20.0. The van der Waals surface area contributed by atoms with Gasteiger partial charge in [0, 0.05) is 5.69 Å². The summed E-state index contributed by atoms with van der Waals surface area (Å²) in [6.45, 7) is 0. The van der Waals surface area contributed by atoms with Gasteiger partial charge in [-0.25, -0.2) is 14.2 Å². The summed E-state index contributed by atoms with van der Waals surface area (Å²) in [6.07, 6.45) is 7.16. The number of aromatic carboxylic acids is 1. The summed E-state index contributed by atoms with van der Waals surface area (Å²) in [7, 11) is 0. The molecule has 0 amide bonds. The second kappa shape index (κ2) is 9.05. The molecule has 0 saturated heterocycles. The maximum absolute atomic E-state index is 13.5. The van der Waals surface area contributed by atoms with Crippen molar-refractivity contribution in [2.45, 2.75) is 0 Å². The zero-order valence-corrected chi connectivity index (χ0v) is 16.5. The lowest BCUT2D eigenvalue weighted by Crippen LogP contribution is -2.03. The summed E-state index contributed by atoms with van der Waals surface area (Å²) in [6, 6.07) is 25.1. The maximum atomic E-state index is 13.5. The third-order valence-electron chi connectivity index (χ3n) is 4.68.